The molecule has 1 aromatic rings. The monoisotopic (exact) mass is 258 g/mol. The van der Waals surface area contributed by atoms with Crippen LogP contribution in [-0.4, -0.2) is 29.7 Å². The highest BCUT2D eigenvalue weighted by Crippen LogP contribution is 2.29. The number of anilines is 1. The summed E-state index contributed by atoms with van der Waals surface area (Å²) < 4.78 is 0. The van der Waals surface area contributed by atoms with E-state index in [4.69, 9.17) is 16.7 Å². The van der Waals surface area contributed by atoms with Gasteiger partial charge in [-0.25, -0.2) is 0 Å². The molecule has 0 atom stereocenters. The van der Waals surface area contributed by atoms with E-state index in [9.17, 15) is 10.1 Å². The standard InChI is InChI=1S/C11H15ClN2O3/c1-2-13(6-3-7-15)11-5-4-9(14(16)17)8-10(11)12/h4-5,8,15H,2-3,6-7H2,1H3. The van der Waals surface area contributed by atoms with E-state index in [1.54, 1.807) is 6.07 Å². The van der Waals surface area contributed by atoms with Crippen LogP contribution in [0, 0.1) is 10.1 Å². The molecule has 0 aliphatic carbocycles. The molecule has 94 valence electrons. The molecule has 6 heteroatoms. The first-order chi connectivity index (χ1) is 8.10. The van der Waals surface area contributed by atoms with Crippen molar-refractivity contribution in [2.45, 2.75) is 13.3 Å². The normalized spacial score (nSPS) is 10.3. The zero-order valence-corrected chi connectivity index (χ0v) is 10.4. The fourth-order valence-electron chi connectivity index (χ4n) is 1.58. The Bertz CT molecular complexity index is 398. The van der Waals surface area contributed by atoms with Gasteiger partial charge in [-0.1, -0.05) is 11.6 Å². The number of hydrogen-bond donors (Lipinski definition) is 1. The Morgan fingerprint density at radius 3 is 2.71 bits per heavy atom. The molecule has 0 saturated carbocycles. The lowest BCUT2D eigenvalue weighted by molar-refractivity contribution is -0.384. The maximum atomic E-state index is 10.6. The van der Waals surface area contributed by atoms with Crippen LogP contribution in [0.1, 0.15) is 13.3 Å². The lowest BCUT2D eigenvalue weighted by Gasteiger charge is -2.23. The molecule has 0 aliphatic heterocycles. The van der Waals surface area contributed by atoms with E-state index in [-0.39, 0.29) is 12.3 Å². The molecule has 0 heterocycles. The minimum Gasteiger partial charge on any atom is -0.396 e. The summed E-state index contributed by atoms with van der Waals surface area (Å²) in [6.45, 7) is 3.48. The second-order valence-electron chi connectivity index (χ2n) is 3.55. The smallest absolute Gasteiger partial charge is 0.271 e. The number of nitrogens with zero attached hydrogens (tertiary/aromatic N) is 2. The number of aliphatic hydroxyl groups excluding tert-OH is 1. The SMILES string of the molecule is CCN(CCCO)c1ccc([N+](=O)[O-])cc1Cl. The van der Waals surface area contributed by atoms with Crippen LogP contribution in [0.5, 0.6) is 0 Å². The Kier molecular flexibility index (Phi) is 5.18. The van der Waals surface area contributed by atoms with Gasteiger partial charge in [-0.15, -0.1) is 0 Å². The molecule has 1 aromatic carbocycles. The summed E-state index contributed by atoms with van der Waals surface area (Å²) in [6, 6.07) is 4.42. The molecular formula is C11H15ClN2O3. The highest BCUT2D eigenvalue weighted by Gasteiger charge is 2.13. The number of nitro groups is 1. The third kappa shape index (κ3) is 3.57. The minimum absolute atomic E-state index is 0.0167. The van der Waals surface area contributed by atoms with Gasteiger partial charge >= 0.3 is 0 Å². The number of aliphatic hydroxyl groups is 1. The van der Waals surface area contributed by atoms with Crippen molar-refractivity contribution in [3.05, 3.63) is 33.3 Å². The summed E-state index contributed by atoms with van der Waals surface area (Å²) in [4.78, 5) is 12.1. The van der Waals surface area contributed by atoms with Crippen molar-refractivity contribution in [2.75, 3.05) is 24.6 Å². The molecular weight excluding hydrogens is 244 g/mol. The van der Waals surface area contributed by atoms with Gasteiger partial charge in [0.1, 0.15) is 0 Å². The fourth-order valence-corrected chi connectivity index (χ4v) is 1.87. The summed E-state index contributed by atoms with van der Waals surface area (Å²) >= 11 is 6.02. The first-order valence-corrected chi connectivity index (χ1v) is 5.77. The molecule has 0 radical (unpaired) electrons. The highest BCUT2D eigenvalue weighted by molar-refractivity contribution is 6.33. The second-order valence-corrected chi connectivity index (χ2v) is 3.96. The number of rotatable bonds is 6. The van der Waals surface area contributed by atoms with Gasteiger partial charge in [0, 0.05) is 31.8 Å². The van der Waals surface area contributed by atoms with Crippen molar-refractivity contribution in [3.63, 3.8) is 0 Å². The van der Waals surface area contributed by atoms with Gasteiger partial charge in [-0.2, -0.15) is 0 Å². The molecule has 1 N–H and O–H groups in total. The van der Waals surface area contributed by atoms with Crippen molar-refractivity contribution in [2.24, 2.45) is 0 Å². The number of non-ortho nitro benzene ring substituents is 1. The maximum absolute atomic E-state index is 10.6. The van der Waals surface area contributed by atoms with Crippen LogP contribution < -0.4 is 4.90 Å². The van der Waals surface area contributed by atoms with E-state index in [2.05, 4.69) is 0 Å². The fraction of sp³-hybridized carbons (Fsp3) is 0.455. The number of halogens is 1. The lowest BCUT2D eigenvalue weighted by Crippen LogP contribution is -2.24. The van der Waals surface area contributed by atoms with Gasteiger partial charge in [0.05, 0.1) is 15.6 Å². The topological polar surface area (TPSA) is 66.6 Å². The van der Waals surface area contributed by atoms with Crippen LogP contribution in [0.15, 0.2) is 18.2 Å². The highest BCUT2D eigenvalue weighted by atomic mass is 35.5. The van der Waals surface area contributed by atoms with Crippen molar-refractivity contribution >= 4 is 23.0 Å². The molecule has 0 unspecified atom stereocenters. The minimum atomic E-state index is -0.473. The van der Waals surface area contributed by atoms with Gasteiger partial charge in [-0.3, -0.25) is 10.1 Å². The Balaban J connectivity index is 2.92. The molecule has 0 aliphatic rings. The third-order valence-electron chi connectivity index (χ3n) is 2.45. The van der Waals surface area contributed by atoms with Crippen molar-refractivity contribution < 1.29 is 10.0 Å². The molecule has 0 aromatic heterocycles. The van der Waals surface area contributed by atoms with Crippen LogP contribution >= 0.6 is 11.6 Å². The molecule has 0 spiro atoms. The van der Waals surface area contributed by atoms with Crippen LogP contribution in [0.2, 0.25) is 5.02 Å². The van der Waals surface area contributed by atoms with Crippen molar-refractivity contribution in [1.29, 1.82) is 0 Å². The summed E-state index contributed by atoms with van der Waals surface area (Å²) in [7, 11) is 0. The van der Waals surface area contributed by atoms with Gasteiger partial charge < -0.3 is 10.0 Å². The summed E-state index contributed by atoms with van der Waals surface area (Å²) in [5.41, 5.74) is 0.741. The zero-order chi connectivity index (χ0) is 12.8. The number of nitro benzene ring substituents is 1. The Hall–Kier alpha value is -1.33. The Morgan fingerprint density at radius 2 is 2.24 bits per heavy atom. The Labute approximate surface area is 105 Å². The first-order valence-electron chi connectivity index (χ1n) is 5.40. The summed E-state index contributed by atoms with van der Waals surface area (Å²) in [5.74, 6) is 0. The average molecular weight is 259 g/mol. The Morgan fingerprint density at radius 1 is 1.53 bits per heavy atom. The third-order valence-corrected chi connectivity index (χ3v) is 2.75. The maximum Gasteiger partial charge on any atom is 0.271 e. The molecule has 1 rings (SSSR count). The van der Waals surface area contributed by atoms with E-state index in [0.717, 1.165) is 12.2 Å². The van der Waals surface area contributed by atoms with Gasteiger partial charge in [0.2, 0.25) is 0 Å². The molecule has 0 amide bonds. The predicted octanol–water partition coefficient (Wildman–Crippen LogP) is 2.46. The number of hydrogen-bond acceptors (Lipinski definition) is 4. The lowest BCUT2D eigenvalue weighted by atomic mass is 10.2. The molecule has 0 fully saturated rings. The summed E-state index contributed by atoms with van der Waals surface area (Å²) in [5, 5.41) is 19.7. The molecule has 0 bridgehead atoms. The average Bonchev–Trinajstić information content (AvgIpc) is 2.31. The van der Waals surface area contributed by atoms with Crippen LogP contribution in [-0.2, 0) is 0 Å². The second kappa shape index (κ2) is 6.42. The quantitative estimate of drug-likeness (QED) is 0.629. The van der Waals surface area contributed by atoms with Crippen LogP contribution in [0.4, 0.5) is 11.4 Å². The van der Waals surface area contributed by atoms with E-state index in [1.807, 2.05) is 11.8 Å². The molecule has 0 saturated heterocycles. The summed E-state index contributed by atoms with van der Waals surface area (Å²) in [6.07, 6.45) is 0.640. The molecule has 17 heavy (non-hydrogen) atoms. The van der Waals surface area contributed by atoms with Crippen LogP contribution in [0.25, 0.3) is 0 Å². The first kappa shape index (κ1) is 13.7. The number of benzene rings is 1. The van der Waals surface area contributed by atoms with E-state index < -0.39 is 4.92 Å². The van der Waals surface area contributed by atoms with Gasteiger partial charge in [0.25, 0.3) is 5.69 Å². The van der Waals surface area contributed by atoms with Crippen molar-refractivity contribution in [3.8, 4) is 0 Å². The van der Waals surface area contributed by atoms with E-state index >= 15 is 0 Å². The van der Waals surface area contributed by atoms with E-state index in [1.165, 1.54) is 12.1 Å². The van der Waals surface area contributed by atoms with Gasteiger partial charge in [0.15, 0.2) is 0 Å². The molecule has 5 nitrogen and oxygen atoms in total. The largest absolute Gasteiger partial charge is 0.396 e. The van der Waals surface area contributed by atoms with Gasteiger partial charge in [-0.05, 0) is 19.4 Å². The van der Waals surface area contributed by atoms with Crippen molar-refractivity contribution in [1.82, 2.24) is 0 Å². The van der Waals surface area contributed by atoms with E-state index in [0.29, 0.717) is 18.0 Å². The zero-order valence-electron chi connectivity index (χ0n) is 9.60. The van der Waals surface area contributed by atoms with Crippen LogP contribution in [0.3, 0.4) is 0 Å². The predicted molar refractivity (Wildman–Crippen MR) is 67.7 cm³/mol.